The number of fused-ring (bicyclic) bond motifs is 1. The molecule has 2 N–H and O–H groups in total. The Balaban J connectivity index is 1.60. The van der Waals surface area contributed by atoms with Crippen molar-refractivity contribution in [2.75, 3.05) is 37.7 Å². The second-order valence-electron chi connectivity index (χ2n) is 6.96. The molecule has 0 bridgehead atoms. The number of rotatable bonds is 4. The second kappa shape index (κ2) is 7.54. The Morgan fingerprint density at radius 2 is 1.84 bits per heavy atom. The molecule has 1 saturated heterocycles. The van der Waals surface area contributed by atoms with Gasteiger partial charge in [0.05, 0.1) is 24.8 Å². The maximum Gasteiger partial charge on any atom is 0.149 e. The van der Waals surface area contributed by atoms with Gasteiger partial charge in [-0.1, -0.05) is 0 Å². The summed E-state index contributed by atoms with van der Waals surface area (Å²) >= 11 is 0. The Morgan fingerprint density at radius 3 is 2.60 bits per heavy atom. The highest BCUT2D eigenvalue weighted by molar-refractivity contribution is 5.85. The van der Waals surface area contributed by atoms with E-state index in [2.05, 4.69) is 27.0 Å². The Bertz CT molecular complexity index is 710. The van der Waals surface area contributed by atoms with E-state index in [9.17, 15) is 0 Å². The number of morpholine rings is 1. The van der Waals surface area contributed by atoms with E-state index in [0.29, 0.717) is 5.92 Å². The summed E-state index contributed by atoms with van der Waals surface area (Å²) in [7, 11) is 0. The lowest BCUT2D eigenvalue weighted by atomic mass is 9.87. The zero-order chi connectivity index (χ0) is 17.1. The zero-order valence-corrected chi connectivity index (χ0v) is 14.6. The number of nitrogens with zero attached hydrogens (tertiary/aromatic N) is 3. The molecule has 0 radical (unpaired) electrons. The molecule has 1 aromatic heterocycles. The van der Waals surface area contributed by atoms with Gasteiger partial charge in [0.25, 0.3) is 0 Å². The minimum absolute atomic E-state index is 0.243. The van der Waals surface area contributed by atoms with Crippen molar-refractivity contribution < 1.29 is 9.47 Å². The van der Waals surface area contributed by atoms with E-state index in [4.69, 9.17) is 15.2 Å². The normalized spacial score (nSPS) is 24.4. The van der Waals surface area contributed by atoms with Gasteiger partial charge in [-0.15, -0.1) is 0 Å². The molecule has 1 aliphatic heterocycles. The van der Waals surface area contributed by atoms with Crippen LogP contribution in [-0.2, 0) is 4.74 Å². The molecule has 2 heterocycles. The summed E-state index contributed by atoms with van der Waals surface area (Å²) in [4.78, 5) is 11.3. The predicted octanol–water partition coefficient (Wildman–Crippen LogP) is 2.36. The van der Waals surface area contributed by atoms with Gasteiger partial charge in [-0.3, -0.25) is 4.98 Å². The van der Waals surface area contributed by atoms with Gasteiger partial charge in [-0.2, -0.15) is 0 Å². The molecule has 6 nitrogen and oxygen atoms in total. The lowest BCUT2D eigenvalue weighted by Gasteiger charge is -2.31. The van der Waals surface area contributed by atoms with Gasteiger partial charge in [0.15, 0.2) is 0 Å². The first-order valence-electron chi connectivity index (χ1n) is 9.27. The summed E-state index contributed by atoms with van der Waals surface area (Å²) in [6, 6.07) is 4.23. The Hall–Kier alpha value is -1.92. The summed E-state index contributed by atoms with van der Waals surface area (Å²) in [6.07, 6.45) is 8.13. The molecule has 6 heteroatoms. The molecule has 2 aromatic rings. The quantitative estimate of drug-likeness (QED) is 0.919. The van der Waals surface area contributed by atoms with Crippen LogP contribution in [0.25, 0.3) is 11.0 Å². The summed E-state index contributed by atoms with van der Waals surface area (Å²) in [5, 5.41) is 0. The third-order valence-electron chi connectivity index (χ3n) is 5.32. The van der Waals surface area contributed by atoms with E-state index in [1.54, 1.807) is 12.4 Å². The third kappa shape index (κ3) is 3.70. The number of benzene rings is 1. The highest BCUT2D eigenvalue weighted by atomic mass is 16.5. The predicted molar refractivity (Wildman–Crippen MR) is 98.0 cm³/mol. The van der Waals surface area contributed by atoms with E-state index in [0.717, 1.165) is 81.0 Å². The van der Waals surface area contributed by atoms with Crippen molar-refractivity contribution in [3.05, 3.63) is 24.5 Å². The van der Waals surface area contributed by atoms with Gasteiger partial charge in [0.1, 0.15) is 11.3 Å². The molecule has 0 unspecified atom stereocenters. The van der Waals surface area contributed by atoms with E-state index >= 15 is 0 Å². The molecule has 1 aliphatic carbocycles. The number of anilines is 1. The maximum absolute atomic E-state index is 6.39. The van der Waals surface area contributed by atoms with E-state index in [-0.39, 0.29) is 6.10 Å². The second-order valence-corrected chi connectivity index (χ2v) is 6.96. The Kier molecular flexibility index (Phi) is 4.99. The van der Waals surface area contributed by atoms with Crippen molar-refractivity contribution in [1.82, 2.24) is 9.97 Å². The highest BCUT2D eigenvalue weighted by Crippen LogP contribution is 2.33. The van der Waals surface area contributed by atoms with Crippen LogP contribution in [0.5, 0.6) is 5.75 Å². The van der Waals surface area contributed by atoms with Crippen LogP contribution in [-0.4, -0.2) is 48.9 Å². The van der Waals surface area contributed by atoms with Crippen LogP contribution < -0.4 is 15.4 Å². The molecular formula is C19H26N4O2. The summed E-state index contributed by atoms with van der Waals surface area (Å²) < 4.78 is 11.9. The van der Waals surface area contributed by atoms with Crippen molar-refractivity contribution in [2.24, 2.45) is 11.7 Å². The summed E-state index contributed by atoms with van der Waals surface area (Å²) in [5.74, 6) is 1.50. The molecule has 1 saturated carbocycles. The average Bonchev–Trinajstić information content (AvgIpc) is 2.69. The lowest BCUT2D eigenvalue weighted by molar-refractivity contribution is 0.122. The van der Waals surface area contributed by atoms with Crippen LogP contribution in [0.4, 0.5) is 5.69 Å². The standard InChI is InChI=1S/C19H26N4O2/c20-13-14-1-3-16(4-2-14)25-18-12-15(23-7-9-24-10-8-23)11-17-19(18)22-6-5-21-17/h5-6,11-12,14,16H,1-4,7-10,13,20H2. The Morgan fingerprint density at radius 1 is 1.08 bits per heavy atom. The number of hydrogen-bond acceptors (Lipinski definition) is 6. The minimum atomic E-state index is 0.243. The molecule has 134 valence electrons. The fourth-order valence-corrected chi connectivity index (χ4v) is 3.79. The van der Waals surface area contributed by atoms with Crippen LogP contribution >= 0.6 is 0 Å². The molecular weight excluding hydrogens is 316 g/mol. The highest BCUT2D eigenvalue weighted by Gasteiger charge is 2.23. The summed E-state index contributed by atoms with van der Waals surface area (Å²) in [5.41, 5.74) is 8.68. The van der Waals surface area contributed by atoms with Gasteiger partial charge in [-0.05, 0) is 44.2 Å². The fraction of sp³-hybridized carbons (Fsp3) is 0.579. The third-order valence-corrected chi connectivity index (χ3v) is 5.32. The first-order valence-corrected chi connectivity index (χ1v) is 9.27. The molecule has 4 rings (SSSR count). The van der Waals surface area contributed by atoms with Crippen LogP contribution in [0.3, 0.4) is 0 Å². The molecule has 0 spiro atoms. The van der Waals surface area contributed by atoms with Crippen LogP contribution in [0.2, 0.25) is 0 Å². The van der Waals surface area contributed by atoms with E-state index < -0.39 is 0 Å². The molecule has 25 heavy (non-hydrogen) atoms. The lowest BCUT2D eigenvalue weighted by Crippen LogP contribution is -2.36. The number of hydrogen-bond donors (Lipinski definition) is 1. The number of ether oxygens (including phenoxy) is 2. The van der Waals surface area contributed by atoms with E-state index in [1.165, 1.54) is 0 Å². The fourth-order valence-electron chi connectivity index (χ4n) is 3.79. The van der Waals surface area contributed by atoms with Gasteiger partial charge >= 0.3 is 0 Å². The topological polar surface area (TPSA) is 73.5 Å². The Labute approximate surface area is 148 Å². The average molecular weight is 342 g/mol. The van der Waals surface area contributed by atoms with Crippen molar-refractivity contribution in [3.8, 4) is 5.75 Å². The monoisotopic (exact) mass is 342 g/mol. The first-order chi connectivity index (χ1) is 12.3. The van der Waals surface area contributed by atoms with Crippen LogP contribution in [0.1, 0.15) is 25.7 Å². The van der Waals surface area contributed by atoms with Gasteiger partial charge < -0.3 is 20.1 Å². The summed E-state index contributed by atoms with van der Waals surface area (Å²) in [6.45, 7) is 4.10. The van der Waals surface area contributed by atoms with Crippen molar-refractivity contribution in [2.45, 2.75) is 31.8 Å². The van der Waals surface area contributed by atoms with Crippen molar-refractivity contribution in [1.29, 1.82) is 0 Å². The smallest absolute Gasteiger partial charge is 0.149 e. The van der Waals surface area contributed by atoms with Gasteiger partial charge in [0.2, 0.25) is 0 Å². The SMILES string of the molecule is NCC1CCC(Oc2cc(N3CCOCC3)cc3nccnc23)CC1. The first kappa shape index (κ1) is 16.5. The van der Waals surface area contributed by atoms with Crippen LogP contribution in [0.15, 0.2) is 24.5 Å². The molecule has 2 aliphatic rings. The van der Waals surface area contributed by atoms with Crippen molar-refractivity contribution in [3.63, 3.8) is 0 Å². The van der Waals surface area contributed by atoms with Gasteiger partial charge in [-0.25, -0.2) is 4.98 Å². The number of aromatic nitrogens is 2. The zero-order valence-electron chi connectivity index (χ0n) is 14.6. The molecule has 0 atom stereocenters. The molecule has 0 amide bonds. The van der Waals surface area contributed by atoms with Gasteiger partial charge in [0, 0.05) is 37.2 Å². The van der Waals surface area contributed by atoms with Crippen molar-refractivity contribution >= 4 is 16.7 Å². The molecule has 2 fully saturated rings. The minimum Gasteiger partial charge on any atom is -0.488 e. The van der Waals surface area contributed by atoms with E-state index in [1.807, 2.05) is 0 Å². The largest absolute Gasteiger partial charge is 0.488 e. The molecule has 1 aromatic carbocycles. The number of nitrogens with two attached hydrogens (primary N) is 1. The van der Waals surface area contributed by atoms with Crippen LogP contribution in [0, 0.1) is 5.92 Å². The maximum atomic E-state index is 6.39.